The minimum atomic E-state index is -0.680. The van der Waals surface area contributed by atoms with Gasteiger partial charge in [-0.15, -0.1) is 0 Å². The van der Waals surface area contributed by atoms with Crippen molar-refractivity contribution in [1.82, 2.24) is 0 Å². The van der Waals surface area contributed by atoms with E-state index in [2.05, 4.69) is 12.2 Å². The van der Waals surface area contributed by atoms with Crippen molar-refractivity contribution in [1.29, 1.82) is 0 Å². The van der Waals surface area contributed by atoms with Gasteiger partial charge in [0.2, 0.25) is 0 Å². The summed E-state index contributed by atoms with van der Waals surface area (Å²) in [6.07, 6.45) is 4.19. The average Bonchev–Trinajstić information content (AvgIpc) is 3.30. The van der Waals surface area contributed by atoms with Gasteiger partial charge >= 0.3 is 0 Å². The summed E-state index contributed by atoms with van der Waals surface area (Å²) in [5.41, 5.74) is 2.13. The van der Waals surface area contributed by atoms with E-state index in [1.54, 1.807) is 7.11 Å². The Bertz CT molecular complexity index is 1080. The summed E-state index contributed by atoms with van der Waals surface area (Å²) in [5.74, 6) is 4.10. The number of hydrogen-bond donors (Lipinski definition) is 0. The van der Waals surface area contributed by atoms with Crippen molar-refractivity contribution >= 4 is 35.7 Å². The van der Waals surface area contributed by atoms with Crippen LogP contribution >= 0.6 is 20.4 Å². The summed E-state index contributed by atoms with van der Waals surface area (Å²) in [6, 6.07) is 15.8. The number of furan rings is 2. The highest BCUT2D eigenvalue weighted by Crippen LogP contribution is 2.46. The first-order valence-electron chi connectivity index (χ1n) is 8.54. The molecule has 3 heterocycles. The molecule has 138 valence electrons. The van der Waals surface area contributed by atoms with Crippen LogP contribution in [-0.4, -0.2) is 12.0 Å². The average molecular weight is 399 g/mol. The van der Waals surface area contributed by atoms with Gasteiger partial charge in [-0.1, -0.05) is 12.1 Å². The maximum absolute atomic E-state index is 6.87. The summed E-state index contributed by atoms with van der Waals surface area (Å²) in [4.78, 5) is 1.89. The number of rotatable bonds is 4. The summed E-state index contributed by atoms with van der Waals surface area (Å²) in [5, 5.41) is 0. The molecule has 0 bridgehead atoms. The molecule has 1 aliphatic rings. The minimum Gasteiger partial charge on any atom is -0.497 e. The zero-order chi connectivity index (χ0) is 19.0. The van der Waals surface area contributed by atoms with Gasteiger partial charge in [0.25, 0.3) is 0 Å². The van der Waals surface area contributed by atoms with Gasteiger partial charge in [-0.05, 0) is 93.9 Å². The highest BCUT2D eigenvalue weighted by Gasteiger charge is 2.21. The second-order valence-electron chi connectivity index (χ2n) is 6.28. The van der Waals surface area contributed by atoms with Crippen molar-refractivity contribution in [2.45, 2.75) is 13.8 Å². The highest BCUT2D eigenvalue weighted by molar-refractivity contribution is 8.42. The summed E-state index contributed by atoms with van der Waals surface area (Å²) in [6.45, 7) is 3.86. The van der Waals surface area contributed by atoms with Crippen LogP contribution in [0.4, 0.5) is 0 Å². The topological polar surface area (TPSA) is 35.5 Å². The zero-order valence-corrected chi connectivity index (χ0v) is 16.9. The Balaban J connectivity index is 1.87. The monoisotopic (exact) mass is 398 g/mol. The van der Waals surface area contributed by atoms with Crippen molar-refractivity contribution < 1.29 is 13.6 Å². The van der Waals surface area contributed by atoms with Crippen LogP contribution in [0.5, 0.6) is 5.75 Å². The molecule has 0 aliphatic carbocycles. The maximum Gasteiger partial charge on any atom is 0.141 e. The van der Waals surface area contributed by atoms with Crippen molar-refractivity contribution in [2.24, 2.45) is 0 Å². The second kappa shape index (κ2) is 7.29. The molecule has 5 heteroatoms. The van der Waals surface area contributed by atoms with Gasteiger partial charge in [0.15, 0.2) is 0 Å². The van der Waals surface area contributed by atoms with E-state index in [4.69, 9.17) is 24.3 Å². The molecule has 0 fully saturated rings. The Kier molecular flexibility index (Phi) is 4.85. The van der Waals surface area contributed by atoms with Crippen LogP contribution in [-0.2, 0) is 0 Å². The van der Waals surface area contributed by atoms with Gasteiger partial charge in [0.1, 0.15) is 28.8 Å². The zero-order valence-electron chi connectivity index (χ0n) is 15.3. The lowest BCUT2D eigenvalue weighted by molar-refractivity contribution is 0.415. The molecule has 0 saturated heterocycles. The first-order valence-corrected chi connectivity index (χ1v) is 10.6. The Hall–Kier alpha value is -2.43. The summed E-state index contributed by atoms with van der Waals surface area (Å²) >= 11 is 0. The number of allylic oxidation sites excluding steroid dienone is 3. The van der Waals surface area contributed by atoms with Gasteiger partial charge in [-0.3, -0.25) is 0 Å². The third-order valence-electron chi connectivity index (χ3n) is 4.35. The first kappa shape index (κ1) is 18.0. The third-order valence-corrected chi connectivity index (χ3v) is 6.76. The van der Waals surface area contributed by atoms with Crippen LogP contribution in [0.15, 0.2) is 69.5 Å². The molecule has 0 saturated carbocycles. The van der Waals surface area contributed by atoms with Gasteiger partial charge in [-0.2, -0.15) is 0 Å². The molecule has 3 aromatic rings. The molecule has 0 amide bonds. The van der Waals surface area contributed by atoms with E-state index in [0.29, 0.717) is 0 Å². The molecule has 0 spiro atoms. The molecule has 1 unspecified atom stereocenters. The summed E-state index contributed by atoms with van der Waals surface area (Å²) < 4.78 is 17.0. The number of halogens is 1. The standard InChI is InChI=1S/C22H19ClO3S/c1-14-4-10-19(25-14)21-12-17(16-6-8-18(24-3)9-7-16)13-22(27(21)23)20-11-5-15(2)26-20/h4-13H,1-3H3. The van der Waals surface area contributed by atoms with Crippen molar-refractivity contribution in [3.63, 3.8) is 0 Å². The van der Waals surface area contributed by atoms with E-state index < -0.39 is 9.70 Å². The van der Waals surface area contributed by atoms with Crippen LogP contribution in [0, 0.1) is 13.8 Å². The largest absolute Gasteiger partial charge is 0.497 e. The molecule has 0 N–H and O–H groups in total. The SMILES string of the molecule is COc1ccc(C2=CC(c3ccc(C)o3)=S(Cl)C(c3ccc(C)o3)=C2)cc1. The van der Waals surface area contributed by atoms with E-state index in [0.717, 1.165) is 49.7 Å². The summed E-state index contributed by atoms with van der Waals surface area (Å²) in [7, 11) is 7.86. The molecular weight excluding hydrogens is 380 g/mol. The van der Waals surface area contributed by atoms with Gasteiger partial charge in [-0.25, -0.2) is 0 Å². The number of aryl methyl sites for hydroxylation is 2. The lowest BCUT2D eigenvalue weighted by atomic mass is 10.0. The molecule has 1 aromatic carbocycles. The van der Waals surface area contributed by atoms with Crippen molar-refractivity contribution in [2.75, 3.05) is 7.11 Å². The Morgan fingerprint density at radius 1 is 0.815 bits per heavy atom. The van der Waals surface area contributed by atoms with Gasteiger partial charge in [0.05, 0.1) is 16.9 Å². The van der Waals surface area contributed by atoms with E-state index in [9.17, 15) is 0 Å². The third kappa shape index (κ3) is 3.55. The van der Waals surface area contributed by atoms with Crippen LogP contribution in [0.1, 0.15) is 28.6 Å². The van der Waals surface area contributed by atoms with E-state index >= 15 is 0 Å². The number of benzene rings is 1. The highest BCUT2D eigenvalue weighted by atomic mass is 35.7. The molecule has 1 atom stereocenters. The second-order valence-corrected chi connectivity index (χ2v) is 8.60. The van der Waals surface area contributed by atoms with Gasteiger partial charge in [0, 0.05) is 0 Å². The van der Waals surface area contributed by atoms with Crippen LogP contribution in [0.2, 0.25) is 0 Å². The lowest BCUT2D eigenvalue weighted by Crippen LogP contribution is -2.01. The maximum atomic E-state index is 6.87. The normalized spacial score (nSPS) is 16.9. The fourth-order valence-corrected chi connectivity index (χ4v) is 4.94. The fraction of sp³-hybridized carbons (Fsp3) is 0.136. The molecule has 1 aliphatic heterocycles. The Morgan fingerprint density at radius 3 is 2.00 bits per heavy atom. The Labute approximate surface area is 165 Å². The van der Waals surface area contributed by atoms with Crippen LogP contribution in [0.25, 0.3) is 10.5 Å². The molecule has 0 radical (unpaired) electrons. The van der Waals surface area contributed by atoms with Crippen molar-refractivity contribution in [3.8, 4) is 5.75 Å². The molecule has 3 nitrogen and oxygen atoms in total. The first-order chi connectivity index (χ1) is 13.0. The fourth-order valence-electron chi connectivity index (χ4n) is 2.95. The molecular formula is C22H19ClO3S. The quantitative estimate of drug-likeness (QED) is 0.465. The number of methoxy groups -OCH3 is 1. The predicted octanol–water partition coefficient (Wildman–Crippen LogP) is 6.58. The number of ether oxygens (including phenoxy) is 1. The minimum absolute atomic E-state index is 0.680. The smallest absolute Gasteiger partial charge is 0.141 e. The van der Waals surface area contributed by atoms with Crippen LogP contribution < -0.4 is 4.74 Å². The van der Waals surface area contributed by atoms with E-state index in [-0.39, 0.29) is 0 Å². The lowest BCUT2D eigenvalue weighted by Gasteiger charge is -2.17. The van der Waals surface area contributed by atoms with E-state index in [1.807, 2.05) is 62.4 Å². The van der Waals surface area contributed by atoms with Crippen molar-refractivity contribution in [3.05, 3.63) is 89.3 Å². The number of hydrogen-bond acceptors (Lipinski definition) is 3. The van der Waals surface area contributed by atoms with Gasteiger partial charge < -0.3 is 13.6 Å². The molecule has 4 rings (SSSR count). The van der Waals surface area contributed by atoms with Crippen LogP contribution in [0.3, 0.4) is 0 Å². The predicted molar refractivity (Wildman–Crippen MR) is 113 cm³/mol. The Morgan fingerprint density at radius 2 is 1.44 bits per heavy atom. The molecule has 2 aromatic heterocycles. The molecule has 27 heavy (non-hydrogen) atoms. The van der Waals surface area contributed by atoms with E-state index in [1.165, 1.54) is 0 Å².